The standard InChI is InChI=1S/C19H20N4O2/c1-24-19-17-13(5-7-21-19)9-22-18(17)12-4-6-20-16(8-12)23-14-2-3-15(23)11-25-10-14/h4-8,14-15H,2-3,9-11H2,1H3. The first kappa shape index (κ1) is 14.8. The summed E-state index contributed by atoms with van der Waals surface area (Å²) in [4.78, 5) is 16.2. The maximum atomic E-state index is 5.70. The summed E-state index contributed by atoms with van der Waals surface area (Å²) in [5.41, 5.74) is 4.18. The van der Waals surface area contributed by atoms with Crippen LogP contribution in [0.3, 0.4) is 0 Å². The van der Waals surface area contributed by atoms with Gasteiger partial charge in [-0.05, 0) is 36.6 Å². The van der Waals surface area contributed by atoms with Crippen LogP contribution in [-0.4, -0.2) is 48.1 Å². The Morgan fingerprint density at radius 2 is 1.92 bits per heavy atom. The molecule has 2 aromatic heterocycles. The molecule has 0 aromatic carbocycles. The lowest BCUT2D eigenvalue weighted by molar-refractivity contribution is 0.0902. The molecule has 6 heteroatoms. The average Bonchev–Trinajstić information content (AvgIpc) is 3.20. The summed E-state index contributed by atoms with van der Waals surface area (Å²) in [5.74, 6) is 1.66. The van der Waals surface area contributed by atoms with Crippen molar-refractivity contribution in [1.29, 1.82) is 0 Å². The normalized spacial score (nSPS) is 24.2. The minimum absolute atomic E-state index is 0.440. The molecule has 2 saturated heterocycles. The minimum atomic E-state index is 0.440. The zero-order valence-electron chi connectivity index (χ0n) is 14.2. The third-order valence-electron chi connectivity index (χ3n) is 5.36. The number of pyridine rings is 2. The van der Waals surface area contributed by atoms with Crippen molar-refractivity contribution in [3.8, 4) is 5.88 Å². The number of aliphatic imine (C=N–C) groups is 1. The summed E-state index contributed by atoms with van der Waals surface area (Å²) in [6, 6.07) is 7.06. The summed E-state index contributed by atoms with van der Waals surface area (Å²) in [5, 5.41) is 0. The number of methoxy groups -OCH3 is 1. The molecule has 3 aliphatic heterocycles. The Morgan fingerprint density at radius 3 is 2.72 bits per heavy atom. The molecule has 0 spiro atoms. The number of fused-ring (bicyclic) bond motifs is 3. The molecule has 0 aliphatic carbocycles. The molecule has 3 aliphatic rings. The van der Waals surface area contributed by atoms with E-state index in [1.807, 2.05) is 18.3 Å². The van der Waals surface area contributed by atoms with Crippen LogP contribution in [0, 0.1) is 0 Å². The predicted octanol–water partition coefficient (Wildman–Crippen LogP) is 2.20. The maximum absolute atomic E-state index is 5.70. The lowest BCUT2D eigenvalue weighted by Crippen LogP contribution is -2.46. The lowest BCUT2D eigenvalue weighted by atomic mass is 10.0. The van der Waals surface area contributed by atoms with E-state index in [2.05, 4.69) is 20.9 Å². The largest absolute Gasteiger partial charge is 0.480 e. The highest BCUT2D eigenvalue weighted by atomic mass is 16.5. The van der Waals surface area contributed by atoms with E-state index >= 15 is 0 Å². The zero-order chi connectivity index (χ0) is 16.8. The Hall–Kier alpha value is -2.47. The number of aromatic nitrogens is 2. The molecule has 2 fully saturated rings. The average molecular weight is 336 g/mol. The van der Waals surface area contributed by atoms with E-state index in [-0.39, 0.29) is 0 Å². The summed E-state index contributed by atoms with van der Waals surface area (Å²) in [7, 11) is 1.65. The van der Waals surface area contributed by atoms with Crippen molar-refractivity contribution in [3.63, 3.8) is 0 Å². The maximum Gasteiger partial charge on any atom is 0.222 e. The van der Waals surface area contributed by atoms with Crippen molar-refractivity contribution < 1.29 is 9.47 Å². The van der Waals surface area contributed by atoms with Crippen molar-refractivity contribution in [2.45, 2.75) is 31.5 Å². The topological polar surface area (TPSA) is 59.8 Å². The second kappa shape index (κ2) is 5.81. The van der Waals surface area contributed by atoms with Crippen LogP contribution >= 0.6 is 0 Å². The summed E-state index contributed by atoms with van der Waals surface area (Å²) >= 11 is 0. The van der Waals surface area contributed by atoms with Crippen LogP contribution in [0.5, 0.6) is 5.88 Å². The van der Waals surface area contributed by atoms with Gasteiger partial charge in [-0.3, -0.25) is 4.99 Å². The predicted molar refractivity (Wildman–Crippen MR) is 94.5 cm³/mol. The second-order valence-electron chi connectivity index (χ2n) is 6.75. The SMILES string of the molecule is COc1nccc2c1C(c1ccnc(N3C4CCC3COC4)c1)=NC2. The molecule has 2 bridgehead atoms. The third-order valence-corrected chi connectivity index (χ3v) is 5.36. The van der Waals surface area contributed by atoms with Crippen molar-refractivity contribution in [2.75, 3.05) is 25.2 Å². The van der Waals surface area contributed by atoms with Gasteiger partial charge in [-0.1, -0.05) is 0 Å². The van der Waals surface area contributed by atoms with Gasteiger partial charge in [0.2, 0.25) is 5.88 Å². The fourth-order valence-electron chi connectivity index (χ4n) is 4.21. The summed E-state index contributed by atoms with van der Waals surface area (Å²) < 4.78 is 11.2. The highest BCUT2D eigenvalue weighted by Gasteiger charge is 2.38. The molecule has 5 heterocycles. The van der Waals surface area contributed by atoms with E-state index in [1.54, 1.807) is 13.3 Å². The Kier molecular flexibility index (Phi) is 3.45. The fourth-order valence-corrected chi connectivity index (χ4v) is 4.21. The van der Waals surface area contributed by atoms with Crippen LogP contribution in [0.15, 0.2) is 35.6 Å². The van der Waals surface area contributed by atoms with E-state index in [1.165, 1.54) is 12.8 Å². The highest BCUT2D eigenvalue weighted by molar-refractivity contribution is 6.16. The monoisotopic (exact) mass is 336 g/mol. The van der Waals surface area contributed by atoms with E-state index in [0.29, 0.717) is 24.5 Å². The molecule has 5 rings (SSSR count). The summed E-state index contributed by atoms with van der Waals surface area (Å²) in [6.07, 6.45) is 6.01. The number of rotatable bonds is 3. The van der Waals surface area contributed by atoms with Crippen LogP contribution in [0.4, 0.5) is 5.82 Å². The molecule has 0 radical (unpaired) electrons. The number of morpholine rings is 1. The van der Waals surface area contributed by atoms with E-state index in [4.69, 9.17) is 14.5 Å². The van der Waals surface area contributed by atoms with Gasteiger partial charge >= 0.3 is 0 Å². The van der Waals surface area contributed by atoms with Gasteiger partial charge in [0, 0.05) is 18.0 Å². The first-order chi connectivity index (χ1) is 12.3. The zero-order valence-corrected chi connectivity index (χ0v) is 14.2. The molecule has 2 aromatic rings. The minimum Gasteiger partial charge on any atom is -0.480 e. The highest BCUT2D eigenvalue weighted by Crippen LogP contribution is 2.34. The first-order valence-electron chi connectivity index (χ1n) is 8.74. The van der Waals surface area contributed by atoms with Gasteiger partial charge in [-0.2, -0.15) is 0 Å². The van der Waals surface area contributed by atoms with Crippen molar-refractivity contribution in [3.05, 3.63) is 47.3 Å². The molecule has 0 N–H and O–H groups in total. The fraction of sp³-hybridized carbons (Fsp3) is 0.421. The molecule has 128 valence electrons. The smallest absolute Gasteiger partial charge is 0.222 e. The van der Waals surface area contributed by atoms with Gasteiger partial charge in [0.15, 0.2) is 0 Å². The van der Waals surface area contributed by atoms with Gasteiger partial charge in [-0.25, -0.2) is 9.97 Å². The van der Waals surface area contributed by atoms with E-state index in [0.717, 1.165) is 41.4 Å². The molecular formula is C19H20N4O2. The Balaban J connectivity index is 1.54. The van der Waals surface area contributed by atoms with Gasteiger partial charge < -0.3 is 14.4 Å². The molecule has 0 amide bonds. The van der Waals surface area contributed by atoms with Gasteiger partial charge in [0.25, 0.3) is 0 Å². The third kappa shape index (κ3) is 2.32. The van der Waals surface area contributed by atoms with Gasteiger partial charge in [0.05, 0.1) is 50.2 Å². The lowest BCUT2D eigenvalue weighted by Gasteiger charge is -2.35. The van der Waals surface area contributed by atoms with Crippen LogP contribution in [0.2, 0.25) is 0 Å². The molecule has 25 heavy (non-hydrogen) atoms. The quantitative estimate of drug-likeness (QED) is 0.860. The van der Waals surface area contributed by atoms with Crippen molar-refractivity contribution in [1.82, 2.24) is 9.97 Å². The number of nitrogens with zero attached hydrogens (tertiary/aromatic N) is 4. The number of ether oxygens (including phenoxy) is 2. The number of anilines is 1. The molecule has 2 atom stereocenters. The van der Waals surface area contributed by atoms with E-state index in [9.17, 15) is 0 Å². The Morgan fingerprint density at radius 1 is 1.12 bits per heavy atom. The molecule has 0 saturated carbocycles. The summed E-state index contributed by atoms with van der Waals surface area (Å²) in [6.45, 7) is 2.26. The van der Waals surface area contributed by atoms with Gasteiger partial charge in [0.1, 0.15) is 5.82 Å². The molecular weight excluding hydrogens is 316 g/mol. The second-order valence-corrected chi connectivity index (χ2v) is 6.75. The van der Waals surface area contributed by atoms with Crippen LogP contribution in [0.25, 0.3) is 0 Å². The molecule has 6 nitrogen and oxygen atoms in total. The van der Waals surface area contributed by atoms with E-state index < -0.39 is 0 Å². The van der Waals surface area contributed by atoms with Crippen LogP contribution in [0.1, 0.15) is 29.5 Å². The van der Waals surface area contributed by atoms with Crippen molar-refractivity contribution in [2.24, 2.45) is 4.99 Å². The van der Waals surface area contributed by atoms with Crippen molar-refractivity contribution >= 4 is 11.5 Å². The van der Waals surface area contributed by atoms with Crippen LogP contribution < -0.4 is 9.64 Å². The number of hydrogen-bond donors (Lipinski definition) is 0. The van der Waals surface area contributed by atoms with Crippen LogP contribution in [-0.2, 0) is 11.3 Å². The first-order valence-corrected chi connectivity index (χ1v) is 8.74. The Bertz CT molecular complexity index is 835. The number of hydrogen-bond acceptors (Lipinski definition) is 6. The Labute approximate surface area is 146 Å². The molecule has 2 unspecified atom stereocenters. The van der Waals surface area contributed by atoms with Gasteiger partial charge in [-0.15, -0.1) is 0 Å².